The number of nitrogens with zero attached hydrogens (tertiary/aromatic N) is 2. The van der Waals surface area contributed by atoms with Gasteiger partial charge < -0.3 is 15.1 Å². The molecule has 0 aromatic heterocycles. The number of rotatable bonds is 11. The van der Waals surface area contributed by atoms with Gasteiger partial charge in [-0.25, -0.2) is 48.6 Å². The molecule has 0 radical (unpaired) electrons. The zero-order valence-electron chi connectivity index (χ0n) is 26.3. The summed E-state index contributed by atoms with van der Waals surface area (Å²) in [6.45, 7) is -2.79. The van der Waals surface area contributed by atoms with E-state index in [-0.39, 0.29) is 30.2 Å². The van der Waals surface area contributed by atoms with Crippen LogP contribution in [0.15, 0.2) is 53.4 Å². The van der Waals surface area contributed by atoms with Crippen LogP contribution >= 0.6 is 11.9 Å². The van der Waals surface area contributed by atoms with Gasteiger partial charge in [-0.05, 0) is 54.0 Å². The molecule has 270 valence electrons. The van der Waals surface area contributed by atoms with Crippen molar-refractivity contribution in [1.29, 1.82) is 0 Å². The molecule has 16 heteroatoms. The Kier molecular flexibility index (Phi) is 11.5. The molecule has 0 heterocycles. The SMILES string of the molecule is O=C(O)c1ccc(N(Cc2ccc(C3CCCCC3)cc2)C(=O)CN(Cc2c(F)c(F)cc(F)c2F)Sc2c(F)c(F)c(F)c(F)c2F)cc1O. The quantitative estimate of drug-likeness (QED) is 0.0691. The van der Waals surface area contributed by atoms with Gasteiger partial charge in [-0.1, -0.05) is 43.5 Å². The first kappa shape index (κ1) is 37.6. The van der Waals surface area contributed by atoms with Gasteiger partial charge in [0, 0.05) is 29.9 Å². The minimum Gasteiger partial charge on any atom is -0.507 e. The zero-order valence-corrected chi connectivity index (χ0v) is 27.1. The number of aromatic carboxylic acids is 1. The molecule has 4 aromatic rings. The fourth-order valence-electron chi connectivity index (χ4n) is 5.79. The number of carboxylic acids is 1. The number of carbonyl (C=O) groups is 2. The van der Waals surface area contributed by atoms with Gasteiger partial charge >= 0.3 is 5.97 Å². The predicted molar refractivity (Wildman–Crippen MR) is 167 cm³/mol. The van der Waals surface area contributed by atoms with E-state index in [4.69, 9.17) is 0 Å². The minimum atomic E-state index is -2.51. The first-order chi connectivity index (χ1) is 24.2. The summed E-state index contributed by atoms with van der Waals surface area (Å²) in [4.78, 5) is 24.9. The van der Waals surface area contributed by atoms with Crippen LogP contribution < -0.4 is 4.90 Å². The van der Waals surface area contributed by atoms with Crippen LogP contribution in [-0.4, -0.2) is 32.9 Å². The first-order valence-electron chi connectivity index (χ1n) is 15.4. The van der Waals surface area contributed by atoms with Gasteiger partial charge in [-0.2, -0.15) is 0 Å². The molecule has 0 aliphatic heterocycles. The highest BCUT2D eigenvalue weighted by molar-refractivity contribution is 7.97. The van der Waals surface area contributed by atoms with Gasteiger partial charge in [0.05, 0.1) is 13.1 Å². The van der Waals surface area contributed by atoms with Crippen molar-refractivity contribution in [2.24, 2.45) is 0 Å². The number of amides is 1. The van der Waals surface area contributed by atoms with E-state index in [0.29, 0.717) is 15.8 Å². The van der Waals surface area contributed by atoms with Crippen molar-refractivity contribution >= 4 is 29.5 Å². The number of halogens is 9. The lowest BCUT2D eigenvalue weighted by molar-refractivity contribution is -0.119. The van der Waals surface area contributed by atoms with Crippen LogP contribution in [0.25, 0.3) is 0 Å². The first-order valence-corrected chi connectivity index (χ1v) is 16.2. The van der Waals surface area contributed by atoms with Gasteiger partial charge in [0.15, 0.2) is 46.5 Å². The molecule has 1 fully saturated rings. The molecule has 2 N–H and O–H groups in total. The number of benzene rings is 4. The second-order valence-electron chi connectivity index (χ2n) is 11.8. The van der Waals surface area contributed by atoms with E-state index in [1.165, 1.54) is 0 Å². The van der Waals surface area contributed by atoms with Crippen LogP contribution in [0.1, 0.15) is 65.1 Å². The van der Waals surface area contributed by atoms with Crippen LogP contribution in [0.5, 0.6) is 5.75 Å². The Morgan fingerprint density at radius 1 is 0.706 bits per heavy atom. The number of carboxylic acid groups (broad SMARTS) is 1. The average Bonchev–Trinajstić information content (AvgIpc) is 3.11. The van der Waals surface area contributed by atoms with Gasteiger partial charge in [0.1, 0.15) is 16.2 Å². The Labute approximate surface area is 289 Å². The van der Waals surface area contributed by atoms with E-state index in [1.54, 1.807) is 12.1 Å². The van der Waals surface area contributed by atoms with Gasteiger partial charge in [0.25, 0.3) is 0 Å². The summed E-state index contributed by atoms with van der Waals surface area (Å²) in [5.74, 6) is -22.6. The number of anilines is 1. The van der Waals surface area contributed by atoms with Crippen molar-refractivity contribution in [2.45, 2.75) is 56.0 Å². The third-order valence-electron chi connectivity index (χ3n) is 8.46. The topological polar surface area (TPSA) is 81.1 Å². The average molecular weight is 743 g/mol. The Bertz CT molecular complexity index is 1920. The molecule has 1 amide bonds. The van der Waals surface area contributed by atoms with Gasteiger partial charge in [-0.3, -0.25) is 4.79 Å². The molecule has 1 saturated carbocycles. The van der Waals surface area contributed by atoms with Crippen molar-refractivity contribution in [3.8, 4) is 5.75 Å². The lowest BCUT2D eigenvalue weighted by Crippen LogP contribution is -2.38. The number of carbonyl (C=O) groups excluding carboxylic acids is 1. The number of hydrogen-bond acceptors (Lipinski definition) is 5. The van der Waals surface area contributed by atoms with Gasteiger partial charge in [0.2, 0.25) is 11.7 Å². The van der Waals surface area contributed by atoms with Crippen molar-refractivity contribution in [3.63, 3.8) is 0 Å². The summed E-state index contributed by atoms with van der Waals surface area (Å²) in [6, 6.07) is 10.0. The molecule has 6 nitrogen and oxygen atoms in total. The molecular formula is C35H27F9N2O4S. The van der Waals surface area contributed by atoms with Crippen molar-refractivity contribution in [1.82, 2.24) is 4.31 Å². The molecule has 0 spiro atoms. The largest absolute Gasteiger partial charge is 0.507 e. The third kappa shape index (κ3) is 8.12. The van der Waals surface area contributed by atoms with E-state index in [1.807, 2.05) is 12.1 Å². The summed E-state index contributed by atoms with van der Waals surface area (Å²) in [5.41, 5.74) is -0.491. The van der Waals surface area contributed by atoms with E-state index in [9.17, 15) is 59.3 Å². The Morgan fingerprint density at radius 2 is 1.27 bits per heavy atom. The van der Waals surface area contributed by atoms with Crippen molar-refractivity contribution in [3.05, 3.63) is 123 Å². The normalized spacial score (nSPS) is 13.5. The van der Waals surface area contributed by atoms with Crippen LogP contribution in [-0.2, 0) is 17.9 Å². The van der Waals surface area contributed by atoms with E-state index < -0.39 is 99.1 Å². The van der Waals surface area contributed by atoms with Gasteiger partial charge in [-0.15, -0.1) is 0 Å². The number of aromatic hydroxyl groups is 1. The summed E-state index contributed by atoms with van der Waals surface area (Å²) in [5, 5.41) is 19.7. The van der Waals surface area contributed by atoms with Crippen LogP contribution in [0.2, 0.25) is 0 Å². The maximum absolute atomic E-state index is 14.7. The molecule has 0 atom stereocenters. The maximum atomic E-state index is 14.7. The van der Waals surface area contributed by atoms with Crippen molar-refractivity contribution < 1.29 is 59.3 Å². The molecule has 1 aliphatic carbocycles. The minimum absolute atomic E-state index is 0.116. The standard InChI is InChI=1S/C35H27F9N2O4S/c36-23-13-24(37)28(39)22(27(23)38)15-45(51-34-32(43)30(41)29(40)31(42)33(34)44)16-26(48)46(20-10-11-21(35(49)50)25(47)12-20)14-17-6-8-19(9-7-17)18-4-2-1-3-5-18/h6-13,18,47H,1-5,14-16H2,(H,49,50). The second kappa shape index (κ2) is 15.7. The summed E-state index contributed by atoms with van der Waals surface area (Å²) >= 11 is -0.339. The highest BCUT2D eigenvalue weighted by atomic mass is 32.2. The predicted octanol–water partition coefficient (Wildman–Crippen LogP) is 9.13. The highest BCUT2D eigenvalue weighted by Gasteiger charge is 2.31. The molecule has 0 bridgehead atoms. The smallest absolute Gasteiger partial charge is 0.339 e. The summed E-state index contributed by atoms with van der Waals surface area (Å²) in [6.07, 6.45) is 5.25. The molecule has 0 unspecified atom stereocenters. The summed E-state index contributed by atoms with van der Waals surface area (Å²) < 4.78 is 130. The summed E-state index contributed by atoms with van der Waals surface area (Å²) in [7, 11) is 0. The molecule has 4 aromatic carbocycles. The third-order valence-corrected chi connectivity index (χ3v) is 9.52. The van der Waals surface area contributed by atoms with E-state index in [0.717, 1.165) is 60.8 Å². The van der Waals surface area contributed by atoms with E-state index in [2.05, 4.69) is 0 Å². The molecule has 0 saturated heterocycles. The molecule has 1 aliphatic rings. The molecule has 5 rings (SSSR count). The molecule has 51 heavy (non-hydrogen) atoms. The lowest BCUT2D eigenvalue weighted by atomic mass is 9.84. The zero-order chi connectivity index (χ0) is 37.1. The lowest BCUT2D eigenvalue weighted by Gasteiger charge is -2.28. The maximum Gasteiger partial charge on any atom is 0.339 e. The monoisotopic (exact) mass is 742 g/mol. The van der Waals surface area contributed by atoms with Crippen LogP contribution in [0.3, 0.4) is 0 Å². The second-order valence-corrected chi connectivity index (χ2v) is 12.9. The fourth-order valence-corrected chi connectivity index (χ4v) is 6.76. The van der Waals surface area contributed by atoms with Crippen LogP contribution in [0.4, 0.5) is 45.2 Å². The molecular weight excluding hydrogens is 715 g/mol. The highest BCUT2D eigenvalue weighted by Crippen LogP contribution is 2.36. The Hall–Kier alpha value is -4.70. The fraction of sp³-hybridized carbons (Fsp3) is 0.257. The number of hydrogen-bond donors (Lipinski definition) is 2. The van der Waals surface area contributed by atoms with Crippen LogP contribution in [0, 0.1) is 52.4 Å². The van der Waals surface area contributed by atoms with Crippen molar-refractivity contribution in [2.75, 3.05) is 11.4 Å². The number of phenols is 1. The Morgan fingerprint density at radius 3 is 1.82 bits per heavy atom. The van der Waals surface area contributed by atoms with E-state index >= 15 is 0 Å². The Balaban J connectivity index is 1.54.